The molecule has 0 spiro atoms. The molecule has 1 aromatic rings. The lowest BCUT2D eigenvalue weighted by Crippen LogP contribution is -2.33. The molecule has 0 radical (unpaired) electrons. The molecular weight excluding hydrogens is 314 g/mol. The third-order valence-corrected chi connectivity index (χ3v) is 4.04. The molecule has 1 aromatic carbocycles. The highest BCUT2D eigenvalue weighted by atomic mass is 35.5. The van der Waals surface area contributed by atoms with Crippen LogP contribution in [0, 0.1) is 5.92 Å². The Hall–Kier alpha value is -1.59. The molecule has 1 atom stereocenters. The second-order valence-electron chi connectivity index (χ2n) is 6.03. The molecule has 6 heteroatoms. The molecule has 1 aliphatic rings. The molecular formula is C17H26ClN3O2. The quantitative estimate of drug-likeness (QED) is 0.861. The third kappa shape index (κ3) is 5.84. The van der Waals surface area contributed by atoms with Crippen molar-refractivity contribution >= 4 is 24.2 Å². The lowest BCUT2D eigenvalue weighted by molar-refractivity contribution is 0.0826. The Labute approximate surface area is 144 Å². The second kappa shape index (κ2) is 9.53. The van der Waals surface area contributed by atoms with Gasteiger partial charge in [0.1, 0.15) is 0 Å². The highest BCUT2D eigenvalue weighted by Gasteiger charge is 2.14. The van der Waals surface area contributed by atoms with Crippen molar-refractivity contribution in [1.29, 1.82) is 0 Å². The number of benzene rings is 1. The number of amides is 2. The van der Waals surface area contributed by atoms with Crippen LogP contribution in [-0.2, 0) is 0 Å². The molecule has 2 rings (SSSR count). The van der Waals surface area contributed by atoms with Gasteiger partial charge in [-0.15, -0.1) is 12.4 Å². The fourth-order valence-corrected chi connectivity index (χ4v) is 2.68. The van der Waals surface area contributed by atoms with Gasteiger partial charge in [0.2, 0.25) is 0 Å². The summed E-state index contributed by atoms with van der Waals surface area (Å²) in [6, 6.07) is 6.80. The Balaban J connectivity index is 0.00000264. The maximum absolute atomic E-state index is 12.1. The highest BCUT2D eigenvalue weighted by molar-refractivity contribution is 5.97. The van der Waals surface area contributed by atoms with Crippen molar-refractivity contribution < 1.29 is 9.59 Å². The lowest BCUT2D eigenvalue weighted by atomic mass is 9.96. The summed E-state index contributed by atoms with van der Waals surface area (Å²) in [5, 5.41) is 6.34. The Morgan fingerprint density at radius 2 is 1.87 bits per heavy atom. The van der Waals surface area contributed by atoms with Crippen LogP contribution >= 0.6 is 12.4 Å². The van der Waals surface area contributed by atoms with Gasteiger partial charge in [0.15, 0.2) is 0 Å². The van der Waals surface area contributed by atoms with Crippen LogP contribution in [0.25, 0.3) is 0 Å². The van der Waals surface area contributed by atoms with E-state index in [9.17, 15) is 9.59 Å². The number of nitrogens with one attached hydrogen (secondary N) is 2. The van der Waals surface area contributed by atoms with Crippen LogP contribution in [-0.4, -0.2) is 50.4 Å². The fraction of sp³-hybridized carbons (Fsp3) is 0.529. The molecule has 0 bridgehead atoms. The van der Waals surface area contributed by atoms with Crippen molar-refractivity contribution in [3.63, 3.8) is 0 Å². The molecule has 2 amide bonds. The van der Waals surface area contributed by atoms with Gasteiger partial charge in [-0.05, 0) is 62.5 Å². The molecule has 23 heavy (non-hydrogen) atoms. The van der Waals surface area contributed by atoms with Crippen molar-refractivity contribution in [3.8, 4) is 0 Å². The summed E-state index contributed by atoms with van der Waals surface area (Å²) in [6.45, 7) is 2.86. The molecule has 0 aliphatic carbocycles. The molecule has 1 unspecified atom stereocenters. The third-order valence-electron chi connectivity index (χ3n) is 4.04. The molecule has 1 fully saturated rings. The van der Waals surface area contributed by atoms with Gasteiger partial charge >= 0.3 is 0 Å². The van der Waals surface area contributed by atoms with E-state index in [2.05, 4.69) is 10.6 Å². The minimum Gasteiger partial charge on any atom is -0.352 e. The first-order valence-electron chi connectivity index (χ1n) is 7.88. The molecule has 5 nitrogen and oxygen atoms in total. The van der Waals surface area contributed by atoms with E-state index in [1.165, 1.54) is 17.7 Å². The largest absolute Gasteiger partial charge is 0.352 e. The van der Waals surface area contributed by atoms with Crippen LogP contribution in [0.3, 0.4) is 0 Å². The number of nitrogens with zero attached hydrogens (tertiary/aromatic N) is 1. The number of carbonyl (C=O) groups is 2. The van der Waals surface area contributed by atoms with Gasteiger partial charge in [0, 0.05) is 31.8 Å². The molecule has 1 heterocycles. The van der Waals surface area contributed by atoms with Gasteiger partial charge in [-0.3, -0.25) is 9.59 Å². The average molecular weight is 340 g/mol. The SMILES string of the molecule is CN(C)C(=O)c1ccc(C(=O)NCCC2CCCNC2)cc1.Cl. The first-order valence-corrected chi connectivity index (χ1v) is 7.88. The highest BCUT2D eigenvalue weighted by Crippen LogP contribution is 2.13. The maximum atomic E-state index is 12.1. The molecule has 1 saturated heterocycles. The normalized spacial score (nSPS) is 17.0. The van der Waals surface area contributed by atoms with Crippen LogP contribution in [0.5, 0.6) is 0 Å². The van der Waals surface area contributed by atoms with Gasteiger partial charge in [-0.25, -0.2) is 0 Å². The van der Waals surface area contributed by atoms with Gasteiger partial charge in [0.25, 0.3) is 11.8 Å². The van der Waals surface area contributed by atoms with Gasteiger partial charge in [-0.1, -0.05) is 0 Å². The molecule has 0 aromatic heterocycles. The van der Waals surface area contributed by atoms with Crippen LogP contribution < -0.4 is 10.6 Å². The summed E-state index contributed by atoms with van der Waals surface area (Å²) in [7, 11) is 3.42. The van der Waals surface area contributed by atoms with Crippen molar-refractivity contribution in [1.82, 2.24) is 15.5 Å². The fourth-order valence-electron chi connectivity index (χ4n) is 2.68. The summed E-state index contributed by atoms with van der Waals surface area (Å²) in [5.41, 5.74) is 1.19. The van der Waals surface area contributed by atoms with Crippen LogP contribution in [0.15, 0.2) is 24.3 Å². The van der Waals surface area contributed by atoms with E-state index in [-0.39, 0.29) is 24.2 Å². The summed E-state index contributed by atoms with van der Waals surface area (Å²) in [4.78, 5) is 25.4. The summed E-state index contributed by atoms with van der Waals surface area (Å²) < 4.78 is 0. The van der Waals surface area contributed by atoms with Crippen molar-refractivity contribution in [3.05, 3.63) is 35.4 Å². The predicted octanol–water partition coefficient (Wildman–Crippen LogP) is 1.93. The summed E-state index contributed by atoms with van der Waals surface area (Å²) >= 11 is 0. The molecule has 0 saturated carbocycles. The Bertz CT molecular complexity index is 511. The van der Waals surface area contributed by atoms with Crippen molar-refractivity contribution in [2.45, 2.75) is 19.3 Å². The van der Waals surface area contributed by atoms with Crippen molar-refractivity contribution in [2.24, 2.45) is 5.92 Å². The number of rotatable bonds is 5. The Kier molecular flexibility index (Phi) is 8.06. The van der Waals surface area contributed by atoms with Gasteiger partial charge < -0.3 is 15.5 Å². The summed E-state index contributed by atoms with van der Waals surface area (Å²) in [6.07, 6.45) is 3.47. The molecule has 1 aliphatic heterocycles. The average Bonchev–Trinajstić information content (AvgIpc) is 2.55. The summed E-state index contributed by atoms with van der Waals surface area (Å²) in [5.74, 6) is 0.526. The minimum absolute atomic E-state index is 0. The molecule has 2 N–H and O–H groups in total. The Morgan fingerprint density at radius 3 is 2.43 bits per heavy atom. The van der Waals surface area contributed by atoms with Crippen LogP contribution in [0.2, 0.25) is 0 Å². The predicted molar refractivity (Wildman–Crippen MR) is 94.3 cm³/mol. The number of piperidine rings is 1. The Morgan fingerprint density at radius 1 is 1.22 bits per heavy atom. The van der Waals surface area contributed by atoms with Gasteiger partial charge in [0.05, 0.1) is 0 Å². The first-order chi connectivity index (χ1) is 10.6. The van der Waals surface area contributed by atoms with E-state index in [1.54, 1.807) is 38.4 Å². The zero-order chi connectivity index (χ0) is 15.9. The van der Waals surface area contributed by atoms with Crippen molar-refractivity contribution in [2.75, 3.05) is 33.7 Å². The zero-order valence-electron chi connectivity index (χ0n) is 13.8. The first kappa shape index (κ1) is 19.5. The number of hydrogen-bond donors (Lipinski definition) is 2. The smallest absolute Gasteiger partial charge is 0.253 e. The van der Waals surface area contributed by atoms with Crippen LogP contribution in [0.4, 0.5) is 0 Å². The van der Waals surface area contributed by atoms with E-state index < -0.39 is 0 Å². The maximum Gasteiger partial charge on any atom is 0.253 e. The minimum atomic E-state index is -0.0763. The number of halogens is 1. The standard InChI is InChI=1S/C17H25N3O2.ClH/c1-20(2)17(22)15-7-5-14(6-8-15)16(21)19-11-9-13-4-3-10-18-12-13;/h5-8,13,18H,3-4,9-12H2,1-2H3,(H,19,21);1H. The lowest BCUT2D eigenvalue weighted by Gasteiger charge is -2.22. The second-order valence-corrected chi connectivity index (χ2v) is 6.03. The molecule has 128 valence electrons. The zero-order valence-corrected chi connectivity index (χ0v) is 14.6. The van der Waals surface area contributed by atoms with E-state index in [4.69, 9.17) is 0 Å². The van der Waals surface area contributed by atoms with E-state index >= 15 is 0 Å². The van der Waals surface area contributed by atoms with Crippen LogP contribution in [0.1, 0.15) is 40.0 Å². The van der Waals surface area contributed by atoms with Gasteiger partial charge in [-0.2, -0.15) is 0 Å². The van der Waals surface area contributed by atoms with E-state index in [0.29, 0.717) is 23.6 Å². The van der Waals surface area contributed by atoms with E-state index in [1.807, 2.05) is 0 Å². The monoisotopic (exact) mass is 339 g/mol. The topological polar surface area (TPSA) is 61.4 Å². The van der Waals surface area contributed by atoms with E-state index in [0.717, 1.165) is 19.5 Å². The number of carbonyl (C=O) groups excluding carboxylic acids is 2. The number of hydrogen-bond acceptors (Lipinski definition) is 3.